The molecule has 1 fully saturated rings. The van der Waals surface area contributed by atoms with E-state index < -0.39 is 11.7 Å². The maximum Gasteiger partial charge on any atom is 0.408 e. The van der Waals surface area contributed by atoms with E-state index in [1.54, 1.807) is 25.7 Å². The van der Waals surface area contributed by atoms with E-state index in [4.69, 9.17) is 11.2 Å². The zero-order valence-electron chi connectivity index (χ0n) is 10.4. The molecule has 0 saturated carbocycles. The fourth-order valence-electron chi connectivity index (χ4n) is 1.36. The molecule has 2 amide bonds. The molecular formula is C12H18N2O3. The molecule has 0 aromatic heterocycles. The lowest BCUT2D eigenvalue weighted by Crippen LogP contribution is -2.52. The fourth-order valence-corrected chi connectivity index (χ4v) is 1.36. The van der Waals surface area contributed by atoms with Gasteiger partial charge in [0.2, 0.25) is 5.91 Å². The van der Waals surface area contributed by atoms with E-state index in [9.17, 15) is 9.59 Å². The molecule has 0 unspecified atom stereocenters. The van der Waals surface area contributed by atoms with Crippen molar-refractivity contribution in [2.75, 3.05) is 19.6 Å². The SMILES string of the molecule is C#CC1CN(C(=O)CNC(=O)OC(C)(C)C)C1. The monoisotopic (exact) mass is 238 g/mol. The van der Waals surface area contributed by atoms with Crippen molar-refractivity contribution < 1.29 is 14.3 Å². The van der Waals surface area contributed by atoms with Gasteiger partial charge in [-0.3, -0.25) is 4.79 Å². The van der Waals surface area contributed by atoms with Gasteiger partial charge in [-0.15, -0.1) is 6.42 Å². The number of rotatable bonds is 2. The van der Waals surface area contributed by atoms with Gasteiger partial charge >= 0.3 is 6.09 Å². The third-order valence-electron chi connectivity index (χ3n) is 2.25. The molecule has 0 radical (unpaired) electrons. The molecule has 94 valence electrons. The number of alkyl carbamates (subject to hydrolysis) is 1. The number of nitrogens with one attached hydrogen (secondary N) is 1. The van der Waals surface area contributed by atoms with Gasteiger partial charge in [0.15, 0.2) is 0 Å². The Morgan fingerprint density at radius 3 is 2.53 bits per heavy atom. The van der Waals surface area contributed by atoms with Crippen LogP contribution >= 0.6 is 0 Å². The van der Waals surface area contributed by atoms with Crippen LogP contribution in [0.25, 0.3) is 0 Å². The second-order valence-electron chi connectivity index (χ2n) is 5.02. The van der Waals surface area contributed by atoms with Crippen molar-refractivity contribution in [3.05, 3.63) is 0 Å². The van der Waals surface area contributed by atoms with E-state index in [1.807, 2.05) is 0 Å². The molecule has 5 heteroatoms. The minimum atomic E-state index is -0.583. The molecule has 1 heterocycles. The molecule has 5 nitrogen and oxygen atoms in total. The van der Waals surface area contributed by atoms with Crippen LogP contribution in [0.4, 0.5) is 4.79 Å². The van der Waals surface area contributed by atoms with Crippen LogP contribution in [0.3, 0.4) is 0 Å². The van der Waals surface area contributed by atoms with Crippen molar-refractivity contribution in [3.63, 3.8) is 0 Å². The Kier molecular flexibility index (Phi) is 4.00. The van der Waals surface area contributed by atoms with E-state index in [1.165, 1.54) is 0 Å². The maximum absolute atomic E-state index is 11.5. The Morgan fingerprint density at radius 1 is 1.47 bits per heavy atom. The van der Waals surface area contributed by atoms with Crippen LogP contribution in [0.5, 0.6) is 0 Å². The smallest absolute Gasteiger partial charge is 0.408 e. The van der Waals surface area contributed by atoms with Gasteiger partial charge in [0.05, 0.1) is 5.92 Å². The van der Waals surface area contributed by atoms with Gasteiger partial charge in [-0.2, -0.15) is 0 Å². The molecule has 1 aliphatic rings. The molecule has 0 bridgehead atoms. The Balaban J connectivity index is 2.21. The number of nitrogens with zero attached hydrogens (tertiary/aromatic N) is 1. The predicted octanol–water partition coefficient (Wildman–Crippen LogP) is 0.603. The highest BCUT2D eigenvalue weighted by molar-refractivity contribution is 5.83. The van der Waals surface area contributed by atoms with Crippen LogP contribution in [-0.4, -0.2) is 42.1 Å². The zero-order chi connectivity index (χ0) is 13.1. The van der Waals surface area contributed by atoms with Gasteiger partial charge < -0.3 is 15.0 Å². The number of amides is 2. The number of likely N-dealkylation sites (tertiary alicyclic amines) is 1. The lowest BCUT2D eigenvalue weighted by molar-refractivity contribution is -0.135. The first-order chi connectivity index (χ1) is 7.81. The van der Waals surface area contributed by atoms with Gasteiger partial charge in [0.1, 0.15) is 12.1 Å². The molecule has 0 aromatic rings. The topological polar surface area (TPSA) is 58.6 Å². The summed E-state index contributed by atoms with van der Waals surface area (Å²) in [7, 11) is 0. The minimum Gasteiger partial charge on any atom is -0.444 e. The van der Waals surface area contributed by atoms with Crippen molar-refractivity contribution in [2.45, 2.75) is 26.4 Å². The summed E-state index contributed by atoms with van der Waals surface area (Å²) in [6.07, 6.45) is 4.63. The summed E-state index contributed by atoms with van der Waals surface area (Å²) in [5.74, 6) is 2.59. The average Bonchev–Trinajstić information content (AvgIpc) is 2.10. The second-order valence-corrected chi connectivity index (χ2v) is 5.02. The number of carbonyl (C=O) groups is 2. The van der Waals surface area contributed by atoms with Crippen molar-refractivity contribution in [2.24, 2.45) is 5.92 Å². The Morgan fingerprint density at radius 2 is 2.06 bits per heavy atom. The normalized spacial score (nSPS) is 15.8. The third-order valence-corrected chi connectivity index (χ3v) is 2.25. The largest absolute Gasteiger partial charge is 0.444 e. The van der Waals surface area contributed by atoms with Crippen LogP contribution in [0.2, 0.25) is 0 Å². The molecule has 0 spiro atoms. The Hall–Kier alpha value is -1.70. The number of carbonyl (C=O) groups excluding carboxylic acids is 2. The molecule has 0 atom stereocenters. The van der Waals surface area contributed by atoms with E-state index in [0.717, 1.165) is 0 Å². The maximum atomic E-state index is 11.5. The predicted molar refractivity (Wildman–Crippen MR) is 63.1 cm³/mol. The van der Waals surface area contributed by atoms with Gasteiger partial charge in [-0.25, -0.2) is 4.79 Å². The van der Waals surface area contributed by atoms with Crippen LogP contribution in [0.1, 0.15) is 20.8 Å². The summed E-state index contributed by atoms with van der Waals surface area (Å²) in [4.78, 5) is 24.4. The van der Waals surface area contributed by atoms with Crippen LogP contribution in [-0.2, 0) is 9.53 Å². The lowest BCUT2D eigenvalue weighted by Gasteiger charge is -2.36. The van der Waals surface area contributed by atoms with Crippen molar-refractivity contribution in [1.82, 2.24) is 10.2 Å². The highest BCUT2D eigenvalue weighted by Crippen LogP contribution is 2.13. The standard InChI is InChI=1S/C12H18N2O3/c1-5-9-7-14(8-9)10(15)6-13-11(16)17-12(2,3)4/h1,9H,6-8H2,2-4H3,(H,13,16). The fraction of sp³-hybridized carbons (Fsp3) is 0.667. The molecule has 0 aromatic carbocycles. The van der Waals surface area contributed by atoms with Crippen molar-refractivity contribution in [3.8, 4) is 12.3 Å². The first kappa shape index (κ1) is 13.4. The first-order valence-corrected chi connectivity index (χ1v) is 5.52. The molecule has 1 rings (SSSR count). The number of hydrogen-bond donors (Lipinski definition) is 1. The summed E-state index contributed by atoms with van der Waals surface area (Å²) < 4.78 is 5.01. The van der Waals surface area contributed by atoms with Gasteiger partial charge in [0.25, 0.3) is 0 Å². The van der Waals surface area contributed by atoms with E-state index in [0.29, 0.717) is 13.1 Å². The van der Waals surface area contributed by atoms with E-state index >= 15 is 0 Å². The molecule has 1 N–H and O–H groups in total. The molecular weight excluding hydrogens is 220 g/mol. The minimum absolute atomic E-state index is 0.0494. The molecule has 0 aliphatic carbocycles. The highest BCUT2D eigenvalue weighted by atomic mass is 16.6. The summed E-state index contributed by atoms with van der Waals surface area (Å²) in [6.45, 7) is 6.40. The van der Waals surface area contributed by atoms with Crippen molar-refractivity contribution in [1.29, 1.82) is 0 Å². The van der Waals surface area contributed by atoms with E-state index in [-0.39, 0.29) is 18.4 Å². The quantitative estimate of drug-likeness (QED) is 0.717. The average molecular weight is 238 g/mol. The van der Waals surface area contributed by atoms with Crippen LogP contribution in [0, 0.1) is 18.3 Å². The van der Waals surface area contributed by atoms with Gasteiger partial charge in [0, 0.05) is 13.1 Å². The molecule has 1 saturated heterocycles. The van der Waals surface area contributed by atoms with Crippen LogP contribution in [0.15, 0.2) is 0 Å². The lowest BCUT2D eigenvalue weighted by atomic mass is 10.0. The Bertz CT molecular complexity index is 346. The highest BCUT2D eigenvalue weighted by Gasteiger charge is 2.29. The third kappa shape index (κ3) is 4.35. The second kappa shape index (κ2) is 5.09. The number of terminal acetylenes is 1. The number of ether oxygens (including phenoxy) is 1. The van der Waals surface area contributed by atoms with Gasteiger partial charge in [-0.1, -0.05) is 5.92 Å². The summed E-state index contributed by atoms with van der Waals surface area (Å²) in [5.41, 5.74) is -0.557. The summed E-state index contributed by atoms with van der Waals surface area (Å²) >= 11 is 0. The summed E-state index contributed by atoms with van der Waals surface area (Å²) in [6, 6.07) is 0. The molecule has 1 aliphatic heterocycles. The van der Waals surface area contributed by atoms with Crippen molar-refractivity contribution >= 4 is 12.0 Å². The van der Waals surface area contributed by atoms with Gasteiger partial charge in [-0.05, 0) is 20.8 Å². The van der Waals surface area contributed by atoms with E-state index in [2.05, 4.69) is 11.2 Å². The first-order valence-electron chi connectivity index (χ1n) is 5.52. The number of hydrogen-bond acceptors (Lipinski definition) is 3. The zero-order valence-corrected chi connectivity index (χ0v) is 10.4. The van der Waals surface area contributed by atoms with Crippen LogP contribution < -0.4 is 5.32 Å². The molecule has 17 heavy (non-hydrogen) atoms. The summed E-state index contributed by atoms with van der Waals surface area (Å²) in [5, 5.41) is 2.42. The Labute approximate surface area is 101 Å².